The summed E-state index contributed by atoms with van der Waals surface area (Å²) in [7, 11) is 1.42. The van der Waals surface area contributed by atoms with Gasteiger partial charge in [-0.3, -0.25) is 0 Å². The normalized spacial score (nSPS) is 31.6. The Labute approximate surface area is 72.0 Å². The zero-order valence-corrected chi connectivity index (χ0v) is 7.34. The van der Waals surface area contributed by atoms with E-state index in [1.165, 1.54) is 26.4 Å². The van der Waals surface area contributed by atoms with Crippen LogP contribution in [-0.2, 0) is 14.3 Å². The fraction of sp³-hybridized carbons (Fsp3) is 0.889. The van der Waals surface area contributed by atoms with Crippen LogP contribution >= 0.6 is 0 Å². The van der Waals surface area contributed by atoms with E-state index in [0.717, 1.165) is 12.8 Å². The summed E-state index contributed by atoms with van der Waals surface area (Å²) >= 11 is 0. The average Bonchev–Trinajstić information content (AvgIpc) is 2.80. The molecule has 0 aromatic rings. The molecule has 2 aliphatic rings. The quantitative estimate of drug-likeness (QED) is 0.439. The molecule has 2 fully saturated rings. The third-order valence-electron chi connectivity index (χ3n) is 2.89. The summed E-state index contributed by atoms with van der Waals surface area (Å²) in [6.45, 7) is 0. The Morgan fingerprint density at radius 1 is 1.42 bits per heavy atom. The van der Waals surface area contributed by atoms with E-state index in [-0.39, 0.29) is 17.7 Å². The van der Waals surface area contributed by atoms with E-state index in [9.17, 15) is 4.79 Å². The Kier molecular flexibility index (Phi) is 1.83. The Bertz CT molecular complexity index is 194. The maximum Gasteiger partial charge on any atom is 0.338 e. The molecule has 1 spiro atoms. The van der Waals surface area contributed by atoms with Crippen molar-refractivity contribution in [1.82, 2.24) is 0 Å². The minimum atomic E-state index is -0.247. The van der Waals surface area contributed by atoms with Crippen molar-refractivity contribution >= 4 is 5.97 Å². The van der Waals surface area contributed by atoms with Crippen molar-refractivity contribution in [3.05, 3.63) is 0 Å². The lowest BCUT2D eigenvalue weighted by atomic mass is 9.86. The number of carbonyl (C=O) groups is 1. The van der Waals surface area contributed by atoms with Gasteiger partial charge >= 0.3 is 5.97 Å². The van der Waals surface area contributed by atoms with Gasteiger partial charge in [-0.15, -0.1) is 0 Å². The average molecular weight is 170 g/mol. The van der Waals surface area contributed by atoms with Gasteiger partial charge in [0.1, 0.15) is 5.60 Å². The van der Waals surface area contributed by atoms with Crippen LogP contribution in [0.1, 0.15) is 32.1 Å². The number of carbonyl (C=O) groups excluding carboxylic acids is 1. The fourth-order valence-corrected chi connectivity index (χ4v) is 2.10. The molecule has 0 N–H and O–H groups in total. The second-order valence-electron chi connectivity index (χ2n) is 3.65. The van der Waals surface area contributed by atoms with Crippen LogP contribution in [0.3, 0.4) is 0 Å². The zero-order chi connectivity index (χ0) is 8.60. The molecule has 0 bridgehead atoms. The van der Waals surface area contributed by atoms with E-state index < -0.39 is 0 Å². The smallest absolute Gasteiger partial charge is 0.338 e. The molecule has 1 aliphatic carbocycles. The molecule has 1 atom stereocenters. The molecule has 1 saturated heterocycles. The lowest BCUT2D eigenvalue weighted by Gasteiger charge is -2.17. The van der Waals surface area contributed by atoms with Gasteiger partial charge in [0, 0.05) is 0 Å². The van der Waals surface area contributed by atoms with Gasteiger partial charge < -0.3 is 9.47 Å². The first-order chi connectivity index (χ1) is 5.78. The van der Waals surface area contributed by atoms with Crippen molar-refractivity contribution in [2.45, 2.75) is 43.8 Å². The van der Waals surface area contributed by atoms with E-state index in [4.69, 9.17) is 4.74 Å². The SMILES string of the molecule is COC(=O)[C@@H]1OC12CCCCC2. The third-order valence-corrected chi connectivity index (χ3v) is 2.89. The molecule has 68 valence electrons. The van der Waals surface area contributed by atoms with Crippen LogP contribution in [0.15, 0.2) is 0 Å². The van der Waals surface area contributed by atoms with Crippen LogP contribution in [-0.4, -0.2) is 24.8 Å². The molecule has 1 saturated carbocycles. The molecular formula is C9H14O3. The van der Waals surface area contributed by atoms with Crippen LogP contribution < -0.4 is 0 Å². The highest BCUT2D eigenvalue weighted by Gasteiger charge is 2.60. The summed E-state index contributed by atoms with van der Waals surface area (Å²) in [5.41, 5.74) is -0.106. The van der Waals surface area contributed by atoms with Crippen LogP contribution in [0.4, 0.5) is 0 Å². The minimum Gasteiger partial charge on any atom is -0.467 e. The predicted molar refractivity (Wildman–Crippen MR) is 42.7 cm³/mol. The molecule has 2 rings (SSSR count). The van der Waals surface area contributed by atoms with Crippen LogP contribution in [0.25, 0.3) is 0 Å². The number of rotatable bonds is 1. The summed E-state index contributed by atoms with van der Waals surface area (Å²) in [4.78, 5) is 11.1. The Hall–Kier alpha value is -0.570. The molecule has 3 nitrogen and oxygen atoms in total. The standard InChI is InChI=1S/C9H14O3/c1-11-8(10)7-9(12-7)5-3-2-4-6-9/h7H,2-6H2,1H3/t7-/m0/s1. The number of hydrogen-bond donors (Lipinski definition) is 0. The Morgan fingerprint density at radius 2 is 2.08 bits per heavy atom. The second kappa shape index (κ2) is 2.73. The lowest BCUT2D eigenvalue weighted by molar-refractivity contribution is -0.142. The van der Waals surface area contributed by atoms with E-state index >= 15 is 0 Å². The molecule has 0 amide bonds. The molecule has 3 heteroatoms. The largest absolute Gasteiger partial charge is 0.467 e. The second-order valence-corrected chi connectivity index (χ2v) is 3.65. The Morgan fingerprint density at radius 3 is 2.67 bits per heavy atom. The molecule has 1 aliphatic heterocycles. The maximum atomic E-state index is 11.1. The van der Waals surface area contributed by atoms with Crippen LogP contribution in [0.2, 0.25) is 0 Å². The van der Waals surface area contributed by atoms with Crippen molar-refractivity contribution in [3.63, 3.8) is 0 Å². The van der Waals surface area contributed by atoms with Crippen LogP contribution in [0.5, 0.6) is 0 Å². The molecule has 0 radical (unpaired) electrons. The highest BCUT2D eigenvalue weighted by molar-refractivity contribution is 5.79. The first-order valence-corrected chi connectivity index (χ1v) is 4.54. The van der Waals surface area contributed by atoms with Gasteiger partial charge in [0.15, 0.2) is 6.10 Å². The van der Waals surface area contributed by atoms with E-state index in [0.29, 0.717) is 0 Å². The number of hydrogen-bond acceptors (Lipinski definition) is 3. The number of methoxy groups -OCH3 is 1. The third kappa shape index (κ3) is 1.12. The van der Waals surface area contributed by atoms with E-state index in [2.05, 4.69) is 4.74 Å². The number of ether oxygens (including phenoxy) is 2. The van der Waals surface area contributed by atoms with Gasteiger partial charge in [0.25, 0.3) is 0 Å². The van der Waals surface area contributed by atoms with E-state index in [1.807, 2.05) is 0 Å². The molecule has 1 heterocycles. The number of esters is 1. The van der Waals surface area contributed by atoms with Crippen molar-refractivity contribution in [2.24, 2.45) is 0 Å². The van der Waals surface area contributed by atoms with Gasteiger partial charge in [0.2, 0.25) is 0 Å². The monoisotopic (exact) mass is 170 g/mol. The van der Waals surface area contributed by atoms with Gasteiger partial charge in [-0.25, -0.2) is 4.79 Å². The fourth-order valence-electron chi connectivity index (χ4n) is 2.10. The molecular weight excluding hydrogens is 156 g/mol. The maximum absolute atomic E-state index is 11.1. The van der Waals surface area contributed by atoms with Crippen molar-refractivity contribution in [1.29, 1.82) is 0 Å². The zero-order valence-electron chi connectivity index (χ0n) is 7.34. The Balaban J connectivity index is 1.95. The van der Waals surface area contributed by atoms with Gasteiger partial charge in [-0.1, -0.05) is 19.3 Å². The topological polar surface area (TPSA) is 38.8 Å². The first-order valence-electron chi connectivity index (χ1n) is 4.54. The summed E-state index contributed by atoms with van der Waals surface area (Å²) in [6.07, 6.45) is 5.47. The summed E-state index contributed by atoms with van der Waals surface area (Å²) < 4.78 is 10.1. The minimum absolute atomic E-state index is 0.106. The van der Waals surface area contributed by atoms with Gasteiger partial charge in [-0.2, -0.15) is 0 Å². The van der Waals surface area contributed by atoms with E-state index in [1.54, 1.807) is 0 Å². The first kappa shape index (κ1) is 8.05. The molecule has 0 aromatic carbocycles. The van der Waals surface area contributed by atoms with Crippen molar-refractivity contribution in [3.8, 4) is 0 Å². The predicted octanol–water partition coefficient (Wildman–Crippen LogP) is 1.26. The van der Waals surface area contributed by atoms with Crippen LogP contribution in [0, 0.1) is 0 Å². The molecule has 0 aromatic heterocycles. The molecule has 12 heavy (non-hydrogen) atoms. The van der Waals surface area contributed by atoms with Crippen molar-refractivity contribution < 1.29 is 14.3 Å². The summed E-state index contributed by atoms with van der Waals surface area (Å²) in [5.74, 6) is -0.197. The number of epoxide rings is 1. The van der Waals surface area contributed by atoms with Gasteiger partial charge in [-0.05, 0) is 12.8 Å². The molecule has 0 unspecified atom stereocenters. The van der Waals surface area contributed by atoms with Gasteiger partial charge in [0.05, 0.1) is 7.11 Å². The highest BCUT2D eigenvalue weighted by atomic mass is 16.7. The van der Waals surface area contributed by atoms with Crippen molar-refractivity contribution in [2.75, 3.05) is 7.11 Å². The highest BCUT2D eigenvalue weighted by Crippen LogP contribution is 2.48. The lowest BCUT2D eigenvalue weighted by Crippen LogP contribution is -2.24. The summed E-state index contributed by atoms with van der Waals surface area (Å²) in [6, 6.07) is 0. The summed E-state index contributed by atoms with van der Waals surface area (Å²) in [5, 5.41) is 0.